The molecule has 4 nitrogen and oxygen atoms in total. The highest BCUT2D eigenvalue weighted by Crippen LogP contribution is 2.14. The minimum absolute atomic E-state index is 0.0451. The molecule has 1 aromatic carbocycles. The van der Waals surface area contributed by atoms with E-state index in [2.05, 4.69) is 24.2 Å². The summed E-state index contributed by atoms with van der Waals surface area (Å²) in [5.74, 6) is 0.0451. The summed E-state index contributed by atoms with van der Waals surface area (Å²) < 4.78 is 1.92. The molecule has 1 heterocycles. The summed E-state index contributed by atoms with van der Waals surface area (Å²) in [5.41, 5.74) is 2.90. The van der Waals surface area contributed by atoms with Crippen molar-refractivity contribution in [3.05, 3.63) is 53.3 Å². The van der Waals surface area contributed by atoms with Crippen molar-refractivity contribution in [3.8, 4) is 0 Å². The first kappa shape index (κ1) is 14.3. The predicted octanol–water partition coefficient (Wildman–Crippen LogP) is 2.59. The Hall–Kier alpha value is -2.10. The van der Waals surface area contributed by atoms with E-state index in [0.29, 0.717) is 18.7 Å². The second kappa shape index (κ2) is 6.37. The third kappa shape index (κ3) is 2.90. The zero-order valence-electron chi connectivity index (χ0n) is 12.3. The summed E-state index contributed by atoms with van der Waals surface area (Å²) in [4.78, 5) is 14.0. The van der Waals surface area contributed by atoms with Gasteiger partial charge in [0.25, 0.3) is 5.91 Å². The van der Waals surface area contributed by atoms with Crippen molar-refractivity contribution in [1.29, 1.82) is 0 Å². The molecule has 2 rings (SSSR count). The van der Waals surface area contributed by atoms with Gasteiger partial charge in [-0.15, -0.1) is 0 Å². The lowest BCUT2D eigenvalue weighted by atomic mass is 10.1. The average molecular weight is 271 g/mol. The van der Waals surface area contributed by atoms with Crippen molar-refractivity contribution < 1.29 is 4.79 Å². The summed E-state index contributed by atoms with van der Waals surface area (Å²) >= 11 is 0. The Bertz CT molecular complexity index is 575. The van der Waals surface area contributed by atoms with Gasteiger partial charge in [0.2, 0.25) is 0 Å². The van der Waals surface area contributed by atoms with Crippen LogP contribution in [-0.2, 0) is 13.0 Å². The number of amides is 1. The van der Waals surface area contributed by atoms with E-state index < -0.39 is 0 Å². The maximum atomic E-state index is 12.3. The highest BCUT2D eigenvalue weighted by molar-refractivity contribution is 5.95. The van der Waals surface area contributed by atoms with Crippen molar-refractivity contribution in [3.63, 3.8) is 0 Å². The topological polar surface area (TPSA) is 38.1 Å². The third-order valence-corrected chi connectivity index (χ3v) is 3.51. The lowest BCUT2D eigenvalue weighted by Gasteiger charge is -2.14. The van der Waals surface area contributed by atoms with Crippen molar-refractivity contribution >= 4 is 5.91 Å². The molecule has 4 heteroatoms. The van der Waals surface area contributed by atoms with Gasteiger partial charge in [-0.1, -0.05) is 37.3 Å². The number of carbonyl (C=O) groups excluding carboxylic acids is 1. The number of aromatic nitrogens is 2. The van der Waals surface area contributed by atoms with E-state index in [1.165, 1.54) is 5.56 Å². The molecule has 0 radical (unpaired) electrons. The fourth-order valence-corrected chi connectivity index (χ4v) is 2.20. The van der Waals surface area contributed by atoms with Crippen LogP contribution in [0.4, 0.5) is 0 Å². The van der Waals surface area contributed by atoms with Gasteiger partial charge < -0.3 is 4.90 Å². The van der Waals surface area contributed by atoms with Crippen LogP contribution in [0.25, 0.3) is 0 Å². The Labute approximate surface area is 120 Å². The Balaban J connectivity index is 2.28. The maximum Gasteiger partial charge on any atom is 0.257 e. The van der Waals surface area contributed by atoms with Gasteiger partial charge in [-0.25, -0.2) is 0 Å². The highest BCUT2D eigenvalue weighted by atomic mass is 16.2. The Kier molecular flexibility index (Phi) is 4.56. The maximum absolute atomic E-state index is 12.3. The summed E-state index contributed by atoms with van der Waals surface area (Å²) in [6.45, 7) is 5.43. The van der Waals surface area contributed by atoms with Gasteiger partial charge in [-0.2, -0.15) is 5.10 Å². The molecule has 0 saturated heterocycles. The van der Waals surface area contributed by atoms with Crippen LogP contribution in [0.1, 0.15) is 35.5 Å². The number of hydrogen-bond acceptors (Lipinski definition) is 2. The number of nitrogens with zero attached hydrogens (tertiary/aromatic N) is 3. The van der Waals surface area contributed by atoms with E-state index in [9.17, 15) is 4.79 Å². The number of benzene rings is 1. The molecule has 2 aromatic rings. The predicted molar refractivity (Wildman–Crippen MR) is 79.8 cm³/mol. The first-order valence-electron chi connectivity index (χ1n) is 7.01. The number of hydrogen-bond donors (Lipinski definition) is 0. The van der Waals surface area contributed by atoms with E-state index in [0.717, 1.165) is 12.1 Å². The molecule has 0 fully saturated rings. The summed E-state index contributed by atoms with van der Waals surface area (Å²) in [6.07, 6.45) is 2.49. The fraction of sp³-hybridized carbons (Fsp3) is 0.375. The molecule has 0 saturated carbocycles. The zero-order chi connectivity index (χ0) is 14.5. The Morgan fingerprint density at radius 3 is 2.55 bits per heavy atom. The lowest BCUT2D eigenvalue weighted by Crippen LogP contribution is -2.27. The number of carbonyl (C=O) groups is 1. The van der Waals surface area contributed by atoms with Crippen LogP contribution >= 0.6 is 0 Å². The Morgan fingerprint density at radius 1 is 1.25 bits per heavy atom. The molecule has 0 atom stereocenters. The van der Waals surface area contributed by atoms with Crippen LogP contribution in [0.2, 0.25) is 0 Å². The lowest BCUT2D eigenvalue weighted by molar-refractivity contribution is 0.0801. The van der Waals surface area contributed by atoms with Crippen LogP contribution in [0.15, 0.2) is 36.5 Å². The van der Waals surface area contributed by atoms with Gasteiger partial charge in [-0.05, 0) is 18.9 Å². The zero-order valence-corrected chi connectivity index (χ0v) is 12.3. The largest absolute Gasteiger partial charge is 0.342 e. The molecule has 0 unspecified atom stereocenters. The van der Waals surface area contributed by atoms with Gasteiger partial charge in [0.05, 0.1) is 24.0 Å². The van der Waals surface area contributed by atoms with Gasteiger partial charge in [-0.3, -0.25) is 9.48 Å². The third-order valence-electron chi connectivity index (χ3n) is 3.51. The SMILES string of the molecule is CCc1c(C(=O)N(C)CC)cnn1Cc1ccccc1. The van der Waals surface area contributed by atoms with Crippen molar-refractivity contribution in [2.24, 2.45) is 0 Å². The van der Waals surface area contributed by atoms with Gasteiger partial charge in [0.1, 0.15) is 0 Å². The summed E-state index contributed by atoms with van der Waals surface area (Å²) in [7, 11) is 1.82. The smallest absolute Gasteiger partial charge is 0.257 e. The quantitative estimate of drug-likeness (QED) is 0.838. The van der Waals surface area contributed by atoms with Crippen LogP contribution in [0, 0.1) is 0 Å². The van der Waals surface area contributed by atoms with E-state index in [1.807, 2.05) is 36.9 Å². The minimum Gasteiger partial charge on any atom is -0.342 e. The molecule has 0 aliphatic heterocycles. The first-order valence-corrected chi connectivity index (χ1v) is 7.01. The van der Waals surface area contributed by atoms with Crippen molar-refractivity contribution in [1.82, 2.24) is 14.7 Å². The van der Waals surface area contributed by atoms with Crippen LogP contribution in [0.5, 0.6) is 0 Å². The molecule has 0 aliphatic rings. The molecule has 20 heavy (non-hydrogen) atoms. The normalized spacial score (nSPS) is 10.6. The molecular weight excluding hydrogens is 250 g/mol. The molecule has 0 spiro atoms. The average Bonchev–Trinajstić information content (AvgIpc) is 2.89. The summed E-state index contributed by atoms with van der Waals surface area (Å²) in [5, 5.41) is 4.39. The van der Waals surface area contributed by atoms with Crippen molar-refractivity contribution in [2.75, 3.05) is 13.6 Å². The second-order valence-corrected chi connectivity index (χ2v) is 4.82. The standard InChI is InChI=1S/C16H21N3O/c1-4-15-14(16(20)18(3)5-2)11-17-19(15)12-13-9-7-6-8-10-13/h6-11H,4-5,12H2,1-3H3. The van der Waals surface area contributed by atoms with Crippen LogP contribution < -0.4 is 0 Å². The first-order chi connectivity index (χ1) is 9.67. The van der Waals surface area contributed by atoms with Crippen LogP contribution in [0.3, 0.4) is 0 Å². The van der Waals surface area contributed by atoms with Gasteiger partial charge >= 0.3 is 0 Å². The molecule has 1 aromatic heterocycles. The van der Waals surface area contributed by atoms with Gasteiger partial charge in [0.15, 0.2) is 0 Å². The minimum atomic E-state index is 0.0451. The molecule has 106 valence electrons. The number of rotatable bonds is 5. The van der Waals surface area contributed by atoms with E-state index >= 15 is 0 Å². The highest BCUT2D eigenvalue weighted by Gasteiger charge is 2.18. The van der Waals surface area contributed by atoms with Gasteiger partial charge in [0, 0.05) is 13.6 Å². The Morgan fingerprint density at radius 2 is 1.95 bits per heavy atom. The van der Waals surface area contributed by atoms with Crippen LogP contribution in [-0.4, -0.2) is 34.2 Å². The fourth-order valence-electron chi connectivity index (χ4n) is 2.20. The second-order valence-electron chi connectivity index (χ2n) is 4.82. The van der Waals surface area contributed by atoms with E-state index in [-0.39, 0.29) is 5.91 Å². The molecule has 0 N–H and O–H groups in total. The monoisotopic (exact) mass is 271 g/mol. The van der Waals surface area contributed by atoms with E-state index in [4.69, 9.17) is 0 Å². The molecule has 1 amide bonds. The summed E-state index contributed by atoms with van der Waals surface area (Å²) in [6, 6.07) is 10.2. The molecule has 0 bridgehead atoms. The van der Waals surface area contributed by atoms with Crippen molar-refractivity contribution in [2.45, 2.75) is 26.8 Å². The van der Waals surface area contributed by atoms with E-state index in [1.54, 1.807) is 11.1 Å². The molecule has 0 aliphatic carbocycles. The molecular formula is C16H21N3O.